The molecule has 0 saturated carbocycles. The number of nitrogens with one attached hydrogen (secondary N) is 1. The number of benzene rings is 2. The Bertz CT molecular complexity index is 570. The van der Waals surface area contributed by atoms with Crippen LogP contribution in [0.4, 0.5) is 5.69 Å². The SMILES string of the molecule is CNc1ccc(C(C)(C)c2ccc(O)c(C)c2)cc1. The Balaban J connectivity index is 2.41. The van der Waals surface area contributed by atoms with E-state index in [1.54, 1.807) is 6.07 Å². The highest BCUT2D eigenvalue weighted by atomic mass is 16.3. The van der Waals surface area contributed by atoms with Gasteiger partial charge in [0.25, 0.3) is 0 Å². The van der Waals surface area contributed by atoms with Gasteiger partial charge in [0.2, 0.25) is 0 Å². The van der Waals surface area contributed by atoms with E-state index in [0.717, 1.165) is 11.3 Å². The number of hydrogen-bond acceptors (Lipinski definition) is 2. The van der Waals surface area contributed by atoms with Gasteiger partial charge in [-0.15, -0.1) is 0 Å². The molecule has 0 aliphatic heterocycles. The van der Waals surface area contributed by atoms with Crippen molar-refractivity contribution in [2.24, 2.45) is 0 Å². The fraction of sp³-hybridized carbons (Fsp3) is 0.294. The Morgan fingerprint density at radius 2 is 1.53 bits per heavy atom. The first-order chi connectivity index (χ1) is 8.95. The first-order valence-corrected chi connectivity index (χ1v) is 6.53. The first-order valence-electron chi connectivity index (χ1n) is 6.53. The second kappa shape index (κ2) is 4.96. The molecule has 0 atom stereocenters. The van der Waals surface area contributed by atoms with E-state index in [0.29, 0.717) is 5.75 Å². The second-order valence-corrected chi connectivity index (χ2v) is 5.45. The van der Waals surface area contributed by atoms with Crippen LogP contribution in [0.2, 0.25) is 0 Å². The molecule has 0 spiro atoms. The van der Waals surface area contributed by atoms with Crippen LogP contribution in [0.5, 0.6) is 5.75 Å². The maximum Gasteiger partial charge on any atom is 0.118 e. The van der Waals surface area contributed by atoms with Gasteiger partial charge < -0.3 is 10.4 Å². The predicted octanol–water partition coefficient (Wildman–Crippen LogP) is 4.07. The molecule has 2 rings (SSSR count). The minimum absolute atomic E-state index is 0.0786. The lowest BCUT2D eigenvalue weighted by Gasteiger charge is -2.27. The third kappa shape index (κ3) is 2.58. The maximum atomic E-state index is 9.64. The van der Waals surface area contributed by atoms with Crippen molar-refractivity contribution in [2.45, 2.75) is 26.2 Å². The molecule has 2 N–H and O–H groups in total. The summed E-state index contributed by atoms with van der Waals surface area (Å²) in [7, 11) is 1.92. The van der Waals surface area contributed by atoms with E-state index in [-0.39, 0.29) is 5.41 Å². The van der Waals surface area contributed by atoms with E-state index >= 15 is 0 Å². The maximum absolute atomic E-state index is 9.64. The van der Waals surface area contributed by atoms with Gasteiger partial charge >= 0.3 is 0 Å². The van der Waals surface area contributed by atoms with Crippen molar-refractivity contribution in [1.82, 2.24) is 0 Å². The molecule has 0 amide bonds. The molecule has 100 valence electrons. The molecule has 0 fully saturated rings. The number of hydrogen-bond donors (Lipinski definition) is 2. The van der Waals surface area contributed by atoms with E-state index in [4.69, 9.17) is 0 Å². The monoisotopic (exact) mass is 255 g/mol. The highest BCUT2D eigenvalue weighted by molar-refractivity contribution is 5.49. The number of phenols is 1. The van der Waals surface area contributed by atoms with Gasteiger partial charge in [-0.3, -0.25) is 0 Å². The van der Waals surface area contributed by atoms with E-state index < -0.39 is 0 Å². The zero-order chi connectivity index (χ0) is 14.0. The van der Waals surface area contributed by atoms with Gasteiger partial charge in [-0.25, -0.2) is 0 Å². The Hall–Kier alpha value is -1.96. The number of anilines is 1. The van der Waals surface area contributed by atoms with Crippen LogP contribution in [0.15, 0.2) is 42.5 Å². The smallest absolute Gasteiger partial charge is 0.118 e. The molecular formula is C17H21NO. The molecule has 2 nitrogen and oxygen atoms in total. The summed E-state index contributed by atoms with van der Waals surface area (Å²) < 4.78 is 0. The molecule has 0 aliphatic rings. The lowest BCUT2D eigenvalue weighted by molar-refractivity contribution is 0.470. The lowest BCUT2D eigenvalue weighted by atomic mass is 9.77. The molecule has 19 heavy (non-hydrogen) atoms. The average Bonchev–Trinajstić information content (AvgIpc) is 2.41. The first kappa shape index (κ1) is 13.5. The van der Waals surface area contributed by atoms with Crippen LogP contribution in [0.25, 0.3) is 0 Å². The highest BCUT2D eigenvalue weighted by Crippen LogP contribution is 2.34. The number of rotatable bonds is 3. The fourth-order valence-electron chi connectivity index (χ4n) is 2.26. The summed E-state index contributed by atoms with van der Waals surface area (Å²) in [6, 6.07) is 14.3. The van der Waals surface area contributed by atoms with Crippen molar-refractivity contribution in [2.75, 3.05) is 12.4 Å². The standard InChI is InChI=1S/C17H21NO/c1-12-11-14(7-10-16(12)19)17(2,3)13-5-8-15(18-4)9-6-13/h5-11,18-19H,1-4H3. The quantitative estimate of drug-likeness (QED) is 0.866. The molecule has 0 unspecified atom stereocenters. The van der Waals surface area contributed by atoms with Crippen molar-refractivity contribution in [1.29, 1.82) is 0 Å². The van der Waals surface area contributed by atoms with Crippen molar-refractivity contribution in [3.63, 3.8) is 0 Å². The Labute approximate surface area is 115 Å². The predicted molar refractivity (Wildman–Crippen MR) is 81.0 cm³/mol. The molecule has 0 radical (unpaired) electrons. The van der Waals surface area contributed by atoms with Crippen LogP contribution >= 0.6 is 0 Å². The zero-order valence-corrected chi connectivity index (χ0v) is 12.0. The normalized spacial score (nSPS) is 11.4. The van der Waals surface area contributed by atoms with E-state index in [1.165, 1.54) is 11.1 Å². The van der Waals surface area contributed by atoms with Gasteiger partial charge in [-0.2, -0.15) is 0 Å². The molecule has 2 aromatic carbocycles. The van der Waals surface area contributed by atoms with Gasteiger partial charge in [0, 0.05) is 18.2 Å². The van der Waals surface area contributed by atoms with Crippen LogP contribution in [0.3, 0.4) is 0 Å². The summed E-state index contributed by atoms with van der Waals surface area (Å²) in [5, 5.41) is 12.8. The van der Waals surface area contributed by atoms with Gasteiger partial charge in [0.1, 0.15) is 5.75 Å². The lowest BCUT2D eigenvalue weighted by Crippen LogP contribution is -2.18. The van der Waals surface area contributed by atoms with Gasteiger partial charge in [-0.05, 0) is 41.8 Å². The molecular weight excluding hydrogens is 234 g/mol. The van der Waals surface area contributed by atoms with Crippen LogP contribution in [0, 0.1) is 6.92 Å². The summed E-state index contributed by atoms with van der Waals surface area (Å²) in [6.45, 7) is 6.33. The van der Waals surface area contributed by atoms with Crippen LogP contribution < -0.4 is 5.32 Å². The molecule has 2 aromatic rings. The number of aryl methyl sites for hydroxylation is 1. The van der Waals surface area contributed by atoms with Gasteiger partial charge in [0.15, 0.2) is 0 Å². The van der Waals surface area contributed by atoms with E-state index in [1.807, 2.05) is 20.0 Å². The third-order valence-corrected chi connectivity index (χ3v) is 3.81. The second-order valence-electron chi connectivity index (χ2n) is 5.45. The third-order valence-electron chi connectivity index (χ3n) is 3.81. The minimum Gasteiger partial charge on any atom is -0.508 e. The van der Waals surface area contributed by atoms with Gasteiger partial charge in [0.05, 0.1) is 0 Å². The fourth-order valence-corrected chi connectivity index (χ4v) is 2.26. The van der Waals surface area contributed by atoms with Crippen molar-refractivity contribution < 1.29 is 5.11 Å². The molecule has 0 bridgehead atoms. The highest BCUT2D eigenvalue weighted by Gasteiger charge is 2.23. The Morgan fingerprint density at radius 1 is 0.947 bits per heavy atom. The minimum atomic E-state index is -0.0786. The molecule has 0 heterocycles. The summed E-state index contributed by atoms with van der Waals surface area (Å²) in [5.41, 5.74) is 4.42. The summed E-state index contributed by atoms with van der Waals surface area (Å²) in [6.07, 6.45) is 0. The van der Waals surface area contributed by atoms with Crippen molar-refractivity contribution >= 4 is 5.69 Å². The summed E-state index contributed by atoms with van der Waals surface area (Å²) in [4.78, 5) is 0. The largest absolute Gasteiger partial charge is 0.508 e. The van der Waals surface area contributed by atoms with Crippen LogP contribution in [-0.2, 0) is 5.41 Å². The Morgan fingerprint density at radius 3 is 2.05 bits per heavy atom. The van der Waals surface area contributed by atoms with Crippen LogP contribution in [0.1, 0.15) is 30.5 Å². The molecule has 0 aliphatic carbocycles. The van der Waals surface area contributed by atoms with Crippen molar-refractivity contribution in [3.8, 4) is 5.75 Å². The number of aromatic hydroxyl groups is 1. The molecule has 2 heteroatoms. The molecule has 0 aromatic heterocycles. The van der Waals surface area contributed by atoms with E-state index in [9.17, 15) is 5.11 Å². The molecule has 0 saturated heterocycles. The average molecular weight is 255 g/mol. The zero-order valence-electron chi connectivity index (χ0n) is 12.0. The van der Waals surface area contributed by atoms with E-state index in [2.05, 4.69) is 49.5 Å². The summed E-state index contributed by atoms with van der Waals surface area (Å²) >= 11 is 0. The van der Waals surface area contributed by atoms with Crippen molar-refractivity contribution in [3.05, 3.63) is 59.2 Å². The Kier molecular flexibility index (Phi) is 3.52. The summed E-state index contributed by atoms with van der Waals surface area (Å²) in [5.74, 6) is 0.352. The number of phenolic OH excluding ortho intramolecular Hbond substituents is 1. The topological polar surface area (TPSA) is 32.3 Å². The van der Waals surface area contributed by atoms with Gasteiger partial charge in [-0.1, -0.05) is 38.1 Å². The van der Waals surface area contributed by atoms with Crippen LogP contribution in [-0.4, -0.2) is 12.2 Å².